The van der Waals surface area contributed by atoms with Crippen molar-refractivity contribution in [2.75, 3.05) is 32.8 Å². The molecule has 0 unspecified atom stereocenters. The van der Waals surface area contributed by atoms with Crippen LogP contribution in [0.15, 0.2) is 18.3 Å². The molecule has 1 aromatic heterocycles. The van der Waals surface area contributed by atoms with E-state index in [1.807, 2.05) is 29.9 Å². The summed E-state index contributed by atoms with van der Waals surface area (Å²) >= 11 is 0. The number of carbonyl (C=O) groups excluding carboxylic acids is 1. The fraction of sp³-hybridized carbons (Fsp3) is 0.583. The first-order valence-electron chi connectivity index (χ1n) is 5.72. The summed E-state index contributed by atoms with van der Waals surface area (Å²) in [6.45, 7) is 3.86. The molecule has 0 N–H and O–H groups in total. The number of hydrogen-bond donors (Lipinski definition) is 0. The largest absolute Gasteiger partial charge is 0.380 e. The van der Waals surface area contributed by atoms with Gasteiger partial charge in [-0.1, -0.05) is 0 Å². The summed E-state index contributed by atoms with van der Waals surface area (Å²) in [6.07, 6.45) is 2.92. The zero-order valence-electron chi connectivity index (χ0n) is 9.69. The molecule has 0 aliphatic carbocycles. The van der Waals surface area contributed by atoms with Crippen molar-refractivity contribution >= 4 is 5.78 Å². The molecule has 4 heteroatoms. The van der Waals surface area contributed by atoms with E-state index in [2.05, 4.69) is 4.90 Å². The van der Waals surface area contributed by atoms with E-state index in [-0.39, 0.29) is 5.78 Å². The maximum absolute atomic E-state index is 12.0. The van der Waals surface area contributed by atoms with Crippen LogP contribution in [0.1, 0.15) is 16.9 Å². The van der Waals surface area contributed by atoms with E-state index in [1.165, 1.54) is 0 Å². The highest BCUT2D eigenvalue weighted by Gasteiger charge is 2.15. The van der Waals surface area contributed by atoms with Crippen LogP contribution in [0.25, 0.3) is 0 Å². The molecule has 0 atom stereocenters. The molecule has 88 valence electrons. The van der Waals surface area contributed by atoms with Gasteiger partial charge in [0, 0.05) is 32.9 Å². The minimum Gasteiger partial charge on any atom is -0.380 e. The van der Waals surface area contributed by atoms with E-state index < -0.39 is 0 Å². The molecule has 4 nitrogen and oxygen atoms in total. The molecule has 0 saturated carbocycles. The molecule has 0 amide bonds. The second-order valence-corrected chi connectivity index (χ2v) is 4.17. The Balaban J connectivity index is 1.93. The van der Waals surface area contributed by atoms with Crippen molar-refractivity contribution in [3.63, 3.8) is 0 Å². The molecule has 0 bridgehead atoms. The monoisotopic (exact) mass is 222 g/mol. The molecule has 1 aromatic rings. The van der Waals surface area contributed by atoms with Crippen LogP contribution in [0.2, 0.25) is 0 Å². The van der Waals surface area contributed by atoms with Crippen molar-refractivity contribution in [1.82, 2.24) is 9.47 Å². The van der Waals surface area contributed by atoms with Gasteiger partial charge < -0.3 is 9.30 Å². The lowest BCUT2D eigenvalue weighted by Gasteiger charge is -2.17. The predicted molar refractivity (Wildman–Crippen MR) is 61.6 cm³/mol. The highest BCUT2D eigenvalue weighted by atomic mass is 16.5. The third kappa shape index (κ3) is 2.71. The first-order valence-corrected chi connectivity index (χ1v) is 5.72. The summed E-state index contributed by atoms with van der Waals surface area (Å²) in [4.78, 5) is 14.2. The quantitative estimate of drug-likeness (QED) is 0.714. The Morgan fingerprint density at radius 2 is 2.31 bits per heavy atom. The second-order valence-electron chi connectivity index (χ2n) is 4.17. The molecule has 16 heavy (non-hydrogen) atoms. The van der Waals surface area contributed by atoms with Crippen molar-refractivity contribution in [2.45, 2.75) is 6.42 Å². The first kappa shape index (κ1) is 11.4. The Hall–Kier alpha value is -1.13. The van der Waals surface area contributed by atoms with Crippen LogP contribution in [0.3, 0.4) is 0 Å². The highest BCUT2D eigenvalue weighted by Crippen LogP contribution is 2.05. The van der Waals surface area contributed by atoms with Gasteiger partial charge in [0.2, 0.25) is 0 Å². The van der Waals surface area contributed by atoms with Gasteiger partial charge in [-0.2, -0.15) is 0 Å². The molecule has 1 fully saturated rings. The lowest BCUT2D eigenvalue weighted by Crippen LogP contribution is -2.32. The summed E-state index contributed by atoms with van der Waals surface area (Å²) in [5.41, 5.74) is 0.783. The Morgan fingerprint density at radius 1 is 1.44 bits per heavy atom. The van der Waals surface area contributed by atoms with Crippen LogP contribution in [0.5, 0.6) is 0 Å². The van der Waals surface area contributed by atoms with E-state index in [9.17, 15) is 4.79 Å². The lowest BCUT2D eigenvalue weighted by atomic mass is 10.2. The average molecular weight is 222 g/mol. The number of ether oxygens (including phenoxy) is 1. The maximum Gasteiger partial charge on any atom is 0.193 e. The van der Waals surface area contributed by atoms with Crippen LogP contribution >= 0.6 is 0 Å². The van der Waals surface area contributed by atoms with Crippen molar-refractivity contribution in [3.05, 3.63) is 24.0 Å². The zero-order chi connectivity index (χ0) is 11.4. The van der Waals surface area contributed by atoms with Crippen molar-refractivity contribution in [2.24, 2.45) is 7.05 Å². The number of nitrogens with zero attached hydrogens (tertiary/aromatic N) is 2. The van der Waals surface area contributed by atoms with E-state index in [0.29, 0.717) is 6.54 Å². The molecule has 1 aliphatic heterocycles. The second kappa shape index (κ2) is 5.27. The zero-order valence-corrected chi connectivity index (χ0v) is 9.69. The predicted octanol–water partition coefficient (Wildman–Crippen LogP) is 0.930. The van der Waals surface area contributed by atoms with Crippen LogP contribution in [-0.4, -0.2) is 48.1 Å². The fourth-order valence-corrected chi connectivity index (χ4v) is 1.99. The summed E-state index contributed by atoms with van der Waals surface area (Å²) < 4.78 is 7.23. The third-order valence-electron chi connectivity index (χ3n) is 2.91. The lowest BCUT2D eigenvalue weighted by molar-refractivity contribution is 0.0914. The molecule has 1 aliphatic rings. The van der Waals surface area contributed by atoms with Gasteiger partial charge in [-0.05, 0) is 18.6 Å². The fourth-order valence-electron chi connectivity index (χ4n) is 1.99. The molecular weight excluding hydrogens is 204 g/mol. The average Bonchev–Trinajstić information content (AvgIpc) is 2.53. The van der Waals surface area contributed by atoms with Crippen LogP contribution < -0.4 is 0 Å². The maximum atomic E-state index is 12.0. The summed E-state index contributed by atoms with van der Waals surface area (Å²) in [5.74, 6) is 0.189. The number of ketones is 1. The van der Waals surface area contributed by atoms with Gasteiger partial charge in [0.25, 0.3) is 0 Å². The molecular formula is C12H18N2O2. The van der Waals surface area contributed by atoms with E-state index in [4.69, 9.17) is 4.74 Å². The molecule has 1 saturated heterocycles. The molecule has 2 heterocycles. The van der Waals surface area contributed by atoms with Gasteiger partial charge in [0.15, 0.2) is 5.78 Å². The van der Waals surface area contributed by atoms with Gasteiger partial charge in [-0.25, -0.2) is 0 Å². The van der Waals surface area contributed by atoms with Crippen LogP contribution in [0.4, 0.5) is 0 Å². The summed E-state index contributed by atoms with van der Waals surface area (Å²) in [7, 11) is 1.90. The van der Waals surface area contributed by atoms with Gasteiger partial charge in [-0.3, -0.25) is 9.69 Å². The molecule has 0 spiro atoms. The highest BCUT2D eigenvalue weighted by molar-refractivity contribution is 5.96. The smallest absolute Gasteiger partial charge is 0.193 e. The van der Waals surface area contributed by atoms with Gasteiger partial charge >= 0.3 is 0 Å². The number of carbonyl (C=O) groups is 1. The SMILES string of the molecule is Cn1cccc1C(=O)CN1CCCOCC1. The van der Waals surface area contributed by atoms with Gasteiger partial charge in [0.05, 0.1) is 18.8 Å². The standard InChI is InChI=1S/C12H18N2O2/c1-13-5-2-4-11(13)12(15)10-14-6-3-8-16-9-7-14/h2,4-5H,3,6-10H2,1H3. The van der Waals surface area contributed by atoms with Crippen molar-refractivity contribution < 1.29 is 9.53 Å². The van der Waals surface area contributed by atoms with E-state index in [0.717, 1.165) is 38.4 Å². The first-order chi connectivity index (χ1) is 7.77. The van der Waals surface area contributed by atoms with Crippen LogP contribution in [0, 0.1) is 0 Å². The van der Waals surface area contributed by atoms with Crippen molar-refractivity contribution in [1.29, 1.82) is 0 Å². The number of hydrogen-bond acceptors (Lipinski definition) is 3. The molecule has 0 radical (unpaired) electrons. The van der Waals surface area contributed by atoms with Gasteiger partial charge in [-0.15, -0.1) is 0 Å². The summed E-state index contributed by atoms with van der Waals surface area (Å²) in [5, 5.41) is 0. The van der Waals surface area contributed by atoms with E-state index >= 15 is 0 Å². The number of aromatic nitrogens is 1. The topological polar surface area (TPSA) is 34.5 Å². The Kier molecular flexibility index (Phi) is 3.74. The number of aryl methyl sites for hydroxylation is 1. The minimum absolute atomic E-state index is 0.189. The van der Waals surface area contributed by atoms with Gasteiger partial charge in [0.1, 0.15) is 0 Å². The van der Waals surface area contributed by atoms with Crippen LogP contribution in [-0.2, 0) is 11.8 Å². The number of Topliss-reactive ketones (excluding diaryl/α,β-unsaturated/α-hetero) is 1. The third-order valence-corrected chi connectivity index (χ3v) is 2.91. The Bertz CT molecular complexity index is 352. The molecule has 2 rings (SSSR count). The normalized spacial score (nSPS) is 18.3. The number of rotatable bonds is 3. The Labute approximate surface area is 95.8 Å². The summed E-state index contributed by atoms with van der Waals surface area (Å²) in [6, 6.07) is 3.77. The minimum atomic E-state index is 0.189. The van der Waals surface area contributed by atoms with Crippen molar-refractivity contribution in [3.8, 4) is 0 Å². The van der Waals surface area contributed by atoms with E-state index in [1.54, 1.807) is 0 Å². The Morgan fingerprint density at radius 3 is 3.06 bits per heavy atom. The molecule has 0 aromatic carbocycles.